The first-order chi connectivity index (χ1) is 5.83. The molecule has 0 atom stereocenters. The van der Waals surface area contributed by atoms with Crippen LogP contribution in [0.5, 0.6) is 0 Å². The summed E-state index contributed by atoms with van der Waals surface area (Å²) < 4.78 is 0. The van der Waals surface area contributed by atoms with E-state index in [0.717, 1.165) is 6.42 Å². The van der Waals surface area contributed by atoms with Crippen LogP contribution < -0.4 is 5.32 Å². The highest BCUT2D eigenvalue weighted by molar-refractivity contribution is 7.96. The maximum Gasteiger partial charge on any atom is 0.276 e. The largest absolute Gasteiger partial charge is 0.342 e. The predicted octanol–water partition coefficient (Wildman–Crippen LogP) is 3.48. The molecular weight excluding hydrogens is 182 g/mol. The zero-order chi connectivity index (χ0) is 11.1. The number of hydrogen-bond donors (Lipinski definition) is 2. The minimum atomic E-state index is -0.254. The summed E-state index contributed by atoms with van der Waals surface area (Å²) in [4.78, 5) is 10.6. The maximum atomic E-state index is 10.6. The summed E-state index contributed by atoms with van der Waals surface area (Å²) in [6, 6.07) is 0. The highest BCUT2D eigenvalue weighted by atomic mass is 32.1. The SMILES string of the molecule is CC.CC(C)CC(C)(C)NC(=O)S. The molecule has 3 heteroatoms. The number of carbonyl (C=O) groups excluding carboxylic acids is 1. The van der Waals surface area contributed by atoms with Gasteiger partial charge in [0.1, 0.15) is 0 Å². The molecule has 0 aliphatic carbocycles. The molecule has 80 valence electrons. The van der Waals surface area contributed by atoms with Gasteiger partial charge in [0.25, 0.3) is 5.24 Å². The van der Waals surface area contributed by atoms with E-state index >= 15 is 0 Å². The lowest BCUT2D eigenvalue weighted by Gasteiger charge is -2.26. The average molecular weight is 205 g/mol. The van der Waals surface area contributed by atoms with Crippen molar-refractivity contribution in [1.29, 1.82) is 0 Å². The summed E-state index contributed by atoms with van der Waals surface area (Å²) in [5.74, 6) is 0.588. The zero-order valence-corrected chi connectivity index (χ0v) is 10.5. The van der Waals surface area contributed by atoms with Crippen molar-refractivity contribution in [3.05, 3.63) is 0 Å². The van der Waals surface area contributed by atoms with E-state index in [-0.39, 0.29) is 10.8 Å². The lowest BCUT2D eigenvalue weighted by molar-refractivity contribution is 0.245. The molecule has 0 aliphatic heterocycles. The van der Waals surface area contributed by atoms with E-state index in [4.69, 9.17) is 0 Å². The Labute approximate surface area is 87.9 Å². The van der Waals surface area contributed by atoms with Gasteiger partial charge in [0.05, 0.1) is 0 Å². The fourth-order valence-electron chi connectivity index (χ4n) is 1.36. The molecule has 0 heterocycles. The lowest BCUT2D eigenvalue weighted by atomic mass is 9.93. The third-order valence-corrected chi connectivity index (χ3v) is 1.48. The molecule has 0 aromatic carbocycles. The fourth-order valence-corrected chi connectivity index (χ4v) is 1.66. The first kappa shape index (κ1) is 15.3. The molecule has 0 fully saturated rings. The van der Waals surface area contributed by atoms with Crippen LogP contribution in [0.1, 0.15) is 48.0 Å². The summed E-state index contributed by atoms with van der Waals surface area (Å²) >= 11 is 3.66. The van der Waals surface area contributed by atoms with Crippen LogP contribution in [0.25, 0.3) is 0 Å². The Kier molecular flexibility index (Phi) is 8.53. The van der Waals surface area contributed by atoms with E-state index in [0.29, 0.717) is 5.92 Å². The van der Waals surface area contributed by atoms with Crippen LogP contribution in [-0.4, -0.2) is 10.8 Å². The molecule has 0 aromatic heterocycles. The van der Waals surface area contributed by atoms with E-state index in [9.17, 15) is 4.79 Å². The Balaban J connectivity index is 0. The smallest absolute Gasteiger partial charge is 0.276 e. The van der Waals surface area contributed by atoms with Gasteiger partial charge in [-0.3, -0.25) is 4.79 Å². The second-order valence-electron chi connectivity index (χ2n) is 3.91. The highest BCUT2D eigenvalue weighted by Crippen LogP contribution is 2.15. The predicted molar refractivity (Wildman–Crippen MR) is 62.4 cm³/mol. The second kappa shape index (κ2) is 7.25. The molecule has 0 aromatic rings. The molecule has 2 nitrogen and oxygen atoms in total. The molecule has 1 N–H and O–H groups in total. The van der Waals surface area contributed by atoms with Crippen molar-refractivity contribution in [2.24, 2.45) is 5.92 Å². The van der Waals surface area contributed by atoms with Gasteiger partial charge in [-0.15, -0.1) is 0 Å². The van der Waals surface area contributed by atoms with Crippen molar-refractivity contribution < 1.29 is 4.79 Å². The molecule has 0 rings (SSSR count). The molecular formula is C10H23NOS. The quantitative estimate of drug-likeness (QED) is 0.679. The Morgan fingerprint density at radius 2 is 1.77 bits per heavy atom. The monoisotopic (exact) mass is 205 g/mol. The van der Waals surface area contributed by atoms with Gasteiger partial charge in [-0.25, -0.2) is 0 Å². The van der Waals surface area contributed by atoms with Crippen LogP contribution in [0.3, 0.4) is 0 Å². The van der Waals surface area contributed by atoms with E-state index < -0.39 is 0 Å². The van der Waals surface area contributed by atoms with Crippen LogP contribution in [-0.2, 0) is 0 Å². The molecule has 0 radical (unpaired) electrons. The molecule has 0 saturated carbocycles. The molecule has 0 saturated heterocycles. The van der Waals surface area contributed by atoms with Crippen molar-refractivity contribution in [2.75, 3.05) is 0 Å². The number of rotatable bonds is 3. The topological polar surface area (TPSA) is 29.1 Å². The van der Waals surface area contributed by atoms with E-state index in [1.54, 1.807) is 0 Å². The van der Waals surface area contributed by atoms with Gasteiger partial charge in [0.2, 0.25) is 0 Å². The second-order valence-corrected chi connectivity index (χ2v) is 4.32. The normalized spacial score (nSPS) is 10.5. The number of carbonyl (C=O) groups is 1. The number of hydrogen-bond acceptors (Lipinski definition) is 1. The van der Waals surface area contributed by atoms with Crippen molar-refractivity contribution in [3.63, 3.8) is 0 Å². The molecule has 1 amide bonds. The Hall–Kier alpha value is -0.180. The van der Waals surface area contributed by atoms with Gasteiger partial charge in [-0.1, -0.05) is 40.3 Å². The standard InChI is InChI=1S/C8H17NOS.C2H6/c1-6(2)5-8(3,4)9-7(10)11;1-2/h6H,5H2,1-4H3,(H2,9,10,11);1-2H3. The minimum absolute atomic E-state index is 0.132. The van der Waals surface area contributed by atoms with Gasteiger partial charge < -0.3 is 5.32 Å². The van der Waals surface area contributed by atoms with Crippen LogP contribution in [0.4, 0.5) is 4.79 Å². The molecule has 0 unspecified atom stereocenters. The molecule has 0 bridgehead atoms. The van der Waals surface area contributed by atoms with Crippen LogP contribution in [0.2, 0.25) is 0 Å². The third kappa shape index (κ3) is 11.8. The summed E-state index contributed by atoms with van der Waals surface area (Å²) in [6.45, 7) is 12.3. The number of nitrogens with one attached hydrogen (secondary N) is 1. The first-order valence-electron chi connectivity index (χ1n) is 4.84. The lowest BCUT2D eigenvalue weighted by Crippen LogP contribution is -2.41. The molecule has 13 heavy (non-hydrogen) atoms. The maximum absolute atomic E-state index is 10.6. The van der Waals surface area contributed by atoms with Gasteiger partial charge in [0, 0.05) is 5.54 Å². The number of amides is 1. The summed E-state index contributed by atoms with van der Waals surface area (Å²) in [5, 5.41) is 2.52. The van der Waals surface area contributed by atoms with Gasteiger partial charge in [-0.05, 0) is 26.2 Å². The van der Waals surface area contributed by atoms with E-state index in [1.165, 1.54) is 0 Å². The molecule has 0 aliphatic rings. The molecule has 0 spiro atoms. The number of thiol groups is 1. The van der Waals surface area contributed by atoms with Crippen molar-refractivity contribution in [1.82, 2.24) is 5.32 Å². The van der Waals surface area contributed by atoms with Gasteiger partial charge in [0.15, 0.2) is 0 Å². The Morgan fingerprint density at radius 1 is 1.38 bits per heavy atom. The van der Waals surface area contributed by atoms with Crippen LogP contribution in [0.15, 0.2) is 0 Å². The first-order valence-corrected chi connectivity index (χ1v) is 5.29. The van der Waals surface area contributed by atoms with E-state index in [2.05, 4.69) is 31.8 Å². The van der Waals surface area contributed by atoms with Gasteiger partial charge in [-0.2, -0.15) is 0 Å². The third-order valence-electron chi connectivity index (χ3n) is 1.36. The van der Waals surface area contributed by atoms with Crippen molar-refractivity contribution in [2.45, 2.75) is 53.5 Å². The van der Waals surface area contributed by atoms with Crippen molar-refractivity contribution >= 4 is 17.9 Å². The fraction of sp³-hybridized carbons (Fsp3) is 0.900. The average Bonchev–Trinajstić information content (AvgIpc) is 1.85. The van der Waals surface area contributed by atoms with E-state index in [1.807, 2.05) is 27.7 Å². The summed E-state index contributed by atoms with van der Waals surface area (Å²) in [5.41, 5.74) is -0.132. The van der Waals surface area contributed by atoms with Gasteiger partial charge >= 0.3 is 0 Å². The summed E-state index contributed by atoms with van der Waals surface area (Å²) in [6.07, 6.45) is 0.972. The Bertz CT molecular complexity index is 144. The van der Waals surface area contributed by atoms with Crippen LogP contribution >= 0.6 is 12.6 Å². The Morgan fingerprint density at radius 3 is 2.00 bits per heavy atom. The highest BCUT2D eigenvalue weighted by Gasteiger charge is 2.19. The van der Waals surface area contributed by atoms with Crippen LogP contribution in [0, 0.1) is 5.92 Å². The minimum Gasteiger partial charge on any atom is -0.342 e. The summed E-state index contributed by atoms with van der Waals surface area (Å²) in [7, 11) is 0. The zero-order valence-electron chi connectivity index (χ0n) is 9.64. The van der Waals surface area contributed by atoms with Crippen molar-refractivity contribution in [3.8, 4) is 0 Å².